The zero-order chi connectivity index (χ0) is 13.7. The molecular formula is C11H20N6O. The summed E-state index contributed by atoms with van der Waals surface area (Å²) in [5.74, 6) is 0.684. The van der Waals surface area contributed by atoms with Gasteiger partial charge in [-0.3, -0.25) is 0 Å². The molecule has 0 saturated carbocycles. The molecule has 0 saturated heterocycles. The molecule has 1 heterocycles. The lowest BCUT2D eigenvalue weighted by atomic mass is 10.1. The molecule has 0 amide bonds. The number of oxime groups is 1. The average Bonchev–Trinajstić information content (AvgIpc) is 2.38. The van der Waals surface area contributed by atoms with Crippen molar-refractivity contribution in [2.75, 3.05) is 18.0 Å². The Morgan fingerprint density at radius 2 is 2.06 bits per heavy atom. The van der Waals surface area contributed by atoms with Gasteiger partial charge in [0, 0.05) is 19.0 Å². The van der Waals surface area contributed by atoms with E-state index >= 15 is 0 Å². The molecular weight excluding hydrogens is 232 g/mol. The molecule has 1 atom stereocenters. The average molecular weight is 252 g/mol. The first-order valence-electron chi connectivity index (χ1n) is 5.89. The van der Waals surface area contributed by atoms with Crippen molar-refractivity contribution >= 4 is 11.8 Å². The summed E-state index contributed by atoms with van der Waals surface area (Å²) < 4.78 is 0. The van der Waals surface area contributed by atoms with E-state index in [9.17, 15) is 0 Å². The maximum absolute atomic E-state index is 8.64. The number of hydrogen-bond acceptors (Lipinski definition) is 6. The lowest BCUT2D eigenvalue weighted by molar-refractivity contribution is 0.314. The maximum atomic E-state index is 8.64. The summed E-state index contributed by atoms with van der Waals surface area (Å²) in [7, 11) is 0. The summed E-state index contributed by atoms with van der Waals surface area (Å²) in [6, 6.07) is 0. The van der Waals surface area contributed by atoms with Gasteiger partial charge in [0.25, 0.3) is 0 Å². The highest BCUT2D eigenvalue weighted by molar-refractivity contribution is 5.82. The van der Waals surface area contributed by atoms with Crippen molar-refractivity contribution in [3.8, 4) is 0 Å². The van der Waals surface area contributed by atoms with Crippen LogP contribution >= 0.6 is 0 Å². The zero-order valence-electron chi connectivity index (χ0n) is 11.3. The summed E-state index contributed by atoms with van der Waals surface area (Å²) in [6.07, 6.45) is 0. The molecule has 100 valence electrons. The molecule has 7 heteroatoms. The predicted molar refractivity (Wildman–Crippen MR) is 69.8 cm³/mol. The second kappa shape index (κ2) is 6.13. The van der Waals surface area contributed by atoms with Crippen LogP contribution in [0.1, 0.15) is 25.2 Å². The number of rotatable bonds is 5. The molecule has 3 N–H and O–H groups in total. The number of amidine groups is 1. The Balaban J connectivity index is 2.86. The number of hydrogen-bond donors (Lipinski definition) is 2. The van der Waals surface area contributed by atoms with Gasteiger partial charge in [-0.05, 0) is 20.8 Å². The molecule has 0 aromatic carbocycles. The third-order valence-electron chi connectivity index (χ3n) is 2.86. The number of nitrogens with zero attached hydrogens (tertiary/aromatic N) is 5. The van der Waals surface area contributed by atoms with Crippen molar-refractivity contribution < 1.29 is 5.21 Å². The van der Waals surface area contributed by atoms with Crippen LogP contribution < -0.4 is 10.6 Å². The largest absolute Gasteiger partial charge is 0.409 e. The van der Waals surface area contributed by atoms with Crippen LogP contribution in [0.15, 0.2) is 5.16 Å². The number of anilines is 1. The molecule has 0 spiro atoms. The van der Waals surface area contributed by atoms with Crippen LogP contribution in [0.25, 0.3) is 0 Å². The standard InChI is InChI=1S/C11H20N6O/c1-5-17(6-7(2)10(12)16-18)11-13-8(3)9(4)14-15-11/h7,18H,5-6H2,1-4H3,(H2,12,16). The van der Waals surface area contributed by atoms with Crippen molar-refractivity contribution in [2.24, 2.45) is 16.8 Å². The highest BCUT2D eigenvalue weighted by atomic mass is 16.4. The van der Waals surface area contributed by atoms with Gasteiger partial charge in [-0.1, -0.05) is 12.1 Å². The van der Waals surface area contributed by atoms with Gasteiger partial charge in [-0.2, -0.15) is 5.10 Å². The third-order valence-corrected chi connectivity index (χ3v) is 2.86. The van der Waals surface area contributed by atoms with Crippen molar-refractivity contribution in [1.82, 2.24) is 15.2 Å². The number of aryl methyl sites for hydroxylation is 2. The van der Waals surface area contributed by atoms with Crippen molar-refractivity contribution in [2.45, 2.75) is 27.7 Å². The van der Waals surface area contributed by atoms with Crippen LogP contribution in [0.3, 0.4) is 0 Å². The van der Waals surface area contributed by atoms with Gasteiger partial charge in [-0.15, -0.1) is 5.10 Å². The summed E-state index contributed by atoms with van der Waals surface area (Å²) in [4.78, 5) is 6.34. The van der Waals surface area contributed by atoms with Crippen LogP contribution in [0.5, 0.6) is 0 Å². The van der Waals surface area contributed by atoms with Crippen LogP contribution in [0.4, 0.5) is 5.95 Å². The fraction of sp³-hybridized carbons (Fsp3) is 0.636. The minimum absolute atomic E-state index is 0.0832. The molecule has 1 rings (SSSR count). The second-order valence-electron chi connectivity index (χ2n) is 4.25. The van der Waals surface area contributed by atoms with Crippen molar-refractivity contribution in [3.63, 3.8) is 0 Å². The minimum atomic E-state index is -0.0832. The molecule has 0 aliphatic carbocycles. The normalized spacial score (nSPS) is 13.4. The van der Waals surface area contributed by atoms with Crippen LogP contribution in [-0.4, -0.2) is 39.3 Å². The maximum Gasteiger partial charge on any atom is 0.245 e. The molecule has 1 aromatic rings. The molecule has 18 heavy (non-hydrogen) atoms. The van der Waals surface area contributed by atoms with Crippen molar-refractivity contribution in [1.29, 1.82) is 0 Å². The number of nitrogens with two attached hydrogens (primary N) is 1. The van der Waals surface area contributed by atoms with E-state index in [1.807, 2.05) is 32.6 Å². The fourth-order valence-corrected chi connectivity index (χ4v) is 1.45. The smallest absolute Gasteiger partial charge is 0.245 e. The molecule has 0 aliphatic heterocycles. The quantitative estimate of drug-likeness (QED) is 0.346. The lowest BCUT2D eigenvalue weighted by Gasteiger charge is -2.23. The van der Waals surface area contributed by atoms with Gasteiger partial charge in [0.15, 0.2) is 0 Å². The third kappa shape index (κ3) is 3.28. The van der Waals surface area contributed by atoms with Gasteiger partial charge in [0.2, 0.25) is 5.95 Å². The topological polar surface area (TPSA) is 101 Å². The van der Waals surface area contributed by atoms with Crippen LogP contribution in [-0.2, 0) is 0 Å². The van der Waals surface area contributed by atoms with E-state index in [-0.39, 0.29) is 11.8 Å². The first-order valence-corrected chi connectivity index (χ1v) is 5.89. The van der Waals surface area contributed by atoms with E-state index in [1.54, 1.807) is 0 Å². The molecule has 0 aliphatic rings. The van der Waals surface area contributed by atoms with E-state index in [0.717, 1.165) is 17.9 Å². The Hall–Kier alpha value is -1.92. The number of aromatic nitrogens is 3. The van der Waals surface area contributed by atoms with Gasteiger partial charge in [-0.25, -0.2) is 4.98 Å². The Morgan fingerprint density at radius 3 is 2.56 bits per heavy atom. The lowest BCUT2D eigenvalue weighted by Crippen LogP contribution is -2.36. The SMILES string of the molecule is CCN(CC(C)C(N)=NO)c1nnc(C)c(C)n1. The Labute approximate surface area is 107 Å². The predicted octanol–water partition coefficient (Wildman–Crippen LogP) is 0.697. The molecule has 0 radical (unpaired) electrons. The summed E-state index contributed by atoms with van der Waals surface area (Å²) in [6.45, 7) is 8.95. The second-order valence-corrected chi connectivity index (χ2v) is 4.25. The summed E-state index contributed by atoms with van der Waals surface area (Å²) in [5.41, 5.74) is 7.24. The van der Waals surface area contributed by atoms with Gasteiger partial charge in [0.1, 0.15) is 5.84 Å². The van der Waals surface area contributed by atoms with E-state index < -0.39 is 0 Å². The molecule has 7 nitrogen and oxygen atoms in total. The van der Waals surface area contributed by atoms with Crippen LogP contribution in [0.2, 0.25) is 0 Å². The minimum Gasteiger partial charge on any atom is -0.409 e. The highest BCUT2D eigenvalue weighted by Crippen LogP contribution is 2.10. The summed E-state index contributed by atoms with van der Waals surface area (Å²) >= 11 is 0. The Morgan fingerprint density at radius 1 is 1.39 bits per heavy atom. The van der Waals surface area contributed by atoms with E-state index in [0.29, 0.717) is 12.5 Å². The summed E-state index contributed by atoms with van der Waals surface area (Å²) in [5, 5.41) is 19.8. The van der Waals surface area contributed by atoms with Crippen molar-refractivity contribution in [3.05, 3.63) is 11.4 Å². The fourth-order valence-electron chi connectivity index (χ4n) is 1.45. The monoisotopic (exact) mass is 252 g/mol. The van der Waals surface area contributed by atoms with Gasteiger partial charge < -0.3 is 15.8 Å². The van der Waals surface area contributed by atoms with Crippen LogP contribution in [0, 0.1) is 19.8 Å². The van der Waals surface area contributed by atoms with Gasteiger partial charge >= 0.3 is 0 Å². The van der Waals surface area contributed by atoms with E-state index in [4.69, 9.17) is 10.9 Å². The van der Waals surface area contributed by atoms with E-state index in [1.165, 1.54) is 0 Å². The van der Waals surface area contributed by atoms with E-state index in [2.05, 4.69) is 20.3 Å². The molecule has 1 aromatic heterocycles. The molecule has 1 unspecified atom stereocenters. The molecule has 0 bridgehead atoms. The Kier molecular flexibility index (Phi) is 4.82. The molecule has 0 fully saturated rings. The first kappa shape index (κ1) is 14.1. The highest BCUT2D eigenvalue weighted by Gasteiger charge is 2.16. The Bertz CT molecular complexity index is 434. The van der Waals surface area contributed by atoms with Gasteiger partial charge in [0.05, 0.1) is 11.4 Å². The first-order chi connectivity index (χ1) is 8.49. The zero-order valence-corrected chi connectivity index (χ0v) is 11.3.